The van der Waals surface area contributed by atoms with Crippen LogP contribution in [0.25, 0.3) is 0 Å². The van der Waals surface area contributed by atoms with Crippen LogP contribution in [0, 0.1) is 16.7 Å². The van der Waals surface area contributed by atoms with Gasteiger partial charge in [-0.1, -0.05) is 43.1 Å². The van der Waals surface area contributed by atoms with E-state index in [4.69, 9.17) is 28.9 Å². The minimum absolute atomic E-state index is 0.0853. The third-order valence-corrected chi connectivity index (χ3v) is 5.67. The Morgan fingerprint density at radius 2 is 2.00 bits per heavy atom. The Balaban J connectivity index is 2.28. The lowest BCUT2D eigenvalue weighted by atomic mass is 9.69. The van der Waals surface area contributed by atoms with Crippen LogP contribution in [-0.4, -0.2) is 16.7 Å². The van der Waals surface area contributed by atoms with Gasteiger partial charge in [-0.25, -0.2) is 5.01 Å². The molecule has 3 N–H and O–H groups in total. The molecule has 28 heavy (non-hydrogen) atoms. The van der Waals surface area contributed by atoms with Gasteiger partial charge in [-0.05, 0) is 29.5 Å². The van der Waals surface area contributed by atoms with E-state index in [-0.39, 0.29) is 28.5 Å². The van der Waals surface area contributed by atoms with Crippen molar-refractivity contribution < 1.29 is 9.59 Å². The third kappa shape index (κ3) is 3.48. The van der Waals surface area contributed by atoms with Gasteiger partial charge >= 0.3 is 0 Å². The summed E-state index contributed by atoms with van der Waals surface area (Å²) >= 11 is 12.2. The van der Waals surface area contributed by atoms with Crippen LogP contribution in [0.15, 0.2) is 40.9 Å². The van der Waals surface area contributed by atoms with Crippen LogP contribution in [0.5, 0.6) is 0 Å². The van der Waals surface area contributed by atoms with Gasteiger partial charge in [0, 0.05) is 18.9 Å². The monoisotopic (exact) mass is 418 g/mol. The number of amides is 1. The predicted molar refractivity (Wildman–Crippen MR) is 107 cm³/mol. The summed E-state index contributed by atoms with van der Waals surface area (Å²) in [4.78, 5) is 24.9. The van der Waals surface area contributed by atoms with E-state index in [1.165, 1.54) is 11.9 Å². The molecule has 6 nitrogen and oxygen atoms in total. The van der Waals surface area contributed by atoms with E-state index in [0.717, 1.165) is 0 Å². The number of hydrogen-bond donors (Lipinski definition) is 2. The lowest BCUT2D eigenvalue weighted by Crippen LogP contribution is -2.49. The minimum Gasteiger partial charge on any atom is -0.383 e. The van der Waals surface area contributed by atoms with Crippen LogP contribution in [0.4, 0.5) is 0 Å². The van der Waals surface area contributed by atoms with Gasteiger partial charge in [-0.2, -0.15) is 5.26 Å². The fourth-order valence-electron chi connectivity index (χ4n) is 3.82. The first-order chi connectivity index (χ1) is 13.1. The smallest absolute Gasteiger partial charge is 0.235 e. The fraction of sp³-hybridized carbons (Fsp3) is 0.350. The molecule has 8 heteroatoms. The van der Waals surface area contributed by atoms with Crippen LogP contribution in [0.2, 0.25) is 10.0 Å². The van der Waals surface area contributed by atoms with Gasteiger partial charge in [-0.3, -0.25) is 15.0 Å². The molecule has 2 aliphatic rings. The van der Waals surface area contributed by atoms with Crippen molar-refractivity contribution in [2.24, 2.45) is 11.1 Å². The number of benzene rings is 1. The molecule has 0 fully saturated rings. The summed E-state index contributed by atoms with van der Waals surface area (Å²) in [6, 6.07) is 7.12. The maximum absolute atomic E-state index is 13.2. The number of hydrogen-bond acceptors (Lipinski definition) is 5. The van der Waals surface area contributed by atoms with Crippen molar-refractivity contribution >= 4 is 34.9 Å². The quantitative estimate of drug-likeness (QED) is 0.760. The molecular formula is C20H20Cl2N4O2. The highest BCUT2D eigenvalue weighted by Gasteiger charge is 2.44. The molecule has 1 aliphatic heterocycles. The van der Waals surface area contributed by atoms with Crippen molar-refractivity contribution in [3.05, 3.63) is 56.5 Å². The number of nitrogens with one attached hydrogen (secondary N) is 1. The van der Waals surface area contributed by atoms with E-state index in [9.17, 15) is 14.9 Å². The zero-order valence-corrected chi connectivity index (χ0v) is 17.3. The molecular weight excluding hydrogens is 399 g/mol. The van der Waals surface area contributed by atoms with Gasteiger partial charge in [0.2, 0.25) is 5.91 Å². The van der Waals surface area contributed by atoms with Gasteiger partial charge in [0.25, 0.3) is 0 Å². The van der Waals surface area contributed by atoms with Gasteiger partial charge in [0.05, 0.1) is 33.3 Å². The number of carbonyl (C=O) groups is 2. The van der Waals surface area contributed by atoms with Crippen LogP contribution >= 0.6 is 23.2 Å². The number of Topliss-reactive ketones (excluding diaryl/α,β-unsaturated/α-hetero) is 1. The number of nitrogens with two attached hydrogens (primary N) is 1. The summed E-state index contributed by atoms with van der Waals surface area (Å²) < 4.78 is 0. The zero-order chi connectivity index (χ0) is 20.8. The molecule has 0 spiro atoms. The van der Waals surface area contributed by atoms with E-state index in [1.54, 1.807) is 18.2 Å². The molecule has 1 heterocycles. The number of nitriles is 1. The predicted octanol–water partition coefficient (Wildman–Crippen LogP) is 3.78. The summed E-state index contributed by atoms with van der Waals surface area (Å²) in [6.45, 7) is 5.31. The second-order valence-electron chi connectivity index (χ2n) is 7.82. The Kier molecular flexibility index (Phi) is 5.18. The molecule has 1 amide bonds. The van der Waals surface area contributed by atoms with Crippen LogP contribution in [0.1, 0.15) is 45.1 Å². The highest BCUT2D eigenvalue weighted by Crippen LogP contribution is 2.48. The van der Waals surface area contributed by atoms with Crippen molar-refractivity contribution in [1.82, 2.24) is 10.4 Å². The standard InChI is InChI=1S/C20H20Cl2N4O2/c1-10(27)25-26-15-7-20(2,3)8-16(28)18(15)17(12(9-23)19(26)24)11-4-5-13(21)14(22)6-11/h4-6,17H,7-8,24H2,1-3H3,(H,25,27). The maximum Gasteiger partial charge on any atom is 0.235 e. The average Bonchev–Trinajstić information content (AvgIpc) is 2.58. The number of ketones is 1. The lowest BCUT2D eigenvalue weighted by Gasteiger charge is -2.43. The Morgan fingerprint density at radius 3 is 2.57 bits per heavy atom. The van der Waals surface area contributed by atoms with Crippen molar-refractivity contribution in [1.29, 1.82) is 5.26 Å². The number of halogens is 2. The van der Waals surface area contributed by atoms with E-state index >= 15 is 0 Å². The lowest BCUT2D eigenvalue weighted by molar-refractivity contribution is -0.123. The van der Waals surface area contributed by atoms with Crippen molar-refractivity contribution in [3.8, 4) is 6.07 Å². The van der Waals surface area contributed by atoms with Crippen molar-refractivity contribution in [3.63, 3.8) is 0 Å². The topological polar surface area (TPSA) is 99.2 Å². The van der Waals surface area contributed by atoms with Gasteiger partial charge in [0.1, 0.15) is 5.82 Å². The molecule has 146 valence electrons. The second kappa shape index (κ2) is 7.16. The molecule has 0 saturated heterocycles. The number of hydrazine groups is 1. The number of nitrogens with zero attached hydrogens (tertiary/aromatic N) is 2. The molecule has 1 unspecified atom stereocenters. The molecule has 0 aromatic heterocycles. The summed E-state index contributed by atoms with van der Waals surface area (Å²) in [5.74, 6) is -1.00. The van der Waals surface area contributed by atoms with Gasteiger partial charge < -0.3 is 5.73 Å². The van der Waals surface area contributed by atoms with Gasteiger partial charge in [-0.15, -0.1) is 0 Å². The fourth-order valence-corrected chi connectivity index (χ4v) is 4.13. The molecule has 1 atom stereocenters. The van der Waals surface area contributed by atoms with E-state index in [2.05, 4.69) is 11.5 Å². The molecule has 3 rings (SSSR count). The zero-order valence-electron chi connectivity index (χ0n) is 15.8. The Hall–Kier alpha value is -2.49. The van der Waals surface area contributed by atoms with Crippen molar-refractivity contribution in [2.75, 3.05) is 0 Å². The van der Waals surface area contributed by atoms with Crippen LogP contribution in [-0.2, 0) is 9.59 Å². The summed E-state index contributed by atoms with van der Waals surface area (Å²) in [5, 5.41) is 11.9. The van der Waals surface area contributed by atoms with Crippen LogP contribution in [0.3, 0.4) is 0 Å². The average molecular weight is 419 g/mol. The number of rotatable bonds is 2. The summed E-state index contributed by atoms with van der Waals surface area (Å²) in [7, 11) is 0. The molecule has 0 radical (unpaired) electrons. The molecule has 1 aliphatic carbocycles. The van der Waals surface area contributed by atoms with Crippen LogP contribution < -0.4 is 11.2 Å². The Bertz CT molecular complexity index is 988. The van der Waals surface area contributed by atoms with Gasteiger partial charge in [0.15, 0.2) is 5.78 Å². The van der Waals surface area contributed by atoms with E-state index in [0.29, 0.717) is 39.7 Å². The van der Waals surface area contributed by atoms with E-state index < -0.39 is 5.92 Å². The minimum atomic E-state index is -0.664. The molecule has 0 saturated carbocycles. The first-order valence-electron chi connectivity index (χ1n) is 8.74. The first kappa shape index (κ1) is 20.2. The Morgan fingerprint density at radius 1 is 1.32 bits per heavy atom. The summed E-state index contributed by atoms with van der Waals surface area (Å²) in [6.07, 6.45) is 0.849. The molecule has 1 aromatic rings. The highest BCUT2D eigenvalue weighted by atomic mass is 35.5. The number of carbonyl (C=O) groups excluding carboxylic acids is 2. The van der Waals surface area contributed by atoms with Crippen molar-refractivity contribution in [2.45, 2.75) is 39.5 Å². The maximum atomic E-state index is 13.2. The summed E-state index contributed by atoms with van der Waals surface area (Å²) in [5.41, 5.74) is 10.5. The van der Waals surface area contributed by atoms with E-state index in [1.807, 2.05) is 13.8 Å². The normalized spacial score (nSPS) is 21.4. The number of allylic oxidation sites excluding steroid dienone is 3. The first-order valence-corrected chi connectivity index (χ1v) is 9.49. The highest BCUT2D eigenvalue weighted by molar-refractivity contribution is 6.42. The molecule has 1 aromatic carbocycles. The Labute approximate surface area is 173 Å². The third-order valence-electron chi connectivity index (χ3n) is 4.93. The molecule has 0 bridgehead atoms. The SMILES string of the molecule is CC(=O)NN1C(N)=C(C#N)C(c2ccc(Cl)c(Cl)c2)C2=C1CC(C)(C)CC2=O. The largest absolute Gasteiger partial charge is 0.383 e. The second-order valence-corrected chi connectivity index (χ2v) is 8.64.